The molecule has 0 spiro atoms. The molecule has 0 saturated heterocycles. The van der Waals surface area contributed by atoms with E-state index in [1.807, 2.05) is 0 Å². The van der Waals surface area contributed by atoms with Crippen LogP contribution < -0.4 is 0 Å². The number of hydrogen-bond donors (Lipinski definition) is 4. The van der Waals surface area contributed by atoms with Crippen molar-refractivity contribution in [2.75, 3.05) is 0 Å². The Morgan fingerprint density at radius 1 is 1.39 bits per heavy atom. The summed E-state index contributed by atoms with van der Waals surface area (Å²) in [5.41, 5.74) is -2.32. The Balaban J connectivity index is 2.76. The molecule has 100 valence electrons. The summed E-state index contributed by atoms with van der Waals surface area (Å²) in [5, 5.41) is 38.2. The Morgan fingerprint density at radius 3 is 2.33 bits per heavy atom. The monoisotopic (exact) mass is 256 g/mol. The zero-order valence-corrected chi connectivity index (χ0v) is 9.69. The van der Waals surface area contributed by atoms with Crippen molar-refractivity contribution in [2.45, 2.75) is 30.3 Å². The highest BCUT2D eigenvalue weighted by Gasteiger charge is 2.69. The van der Waals surface area contributed by atoms with E-state index in [9.17, 15) is 30.0 Å². The molecule has 1 rings (SSSR count). The molecule has 2 unspecified atom stereocenters. The Labute approximate surface area is 104 Å². The Kier molecular flexibility index (Phi) is 4.18. The molecule has 0 bridgehead atoms. The van der Waals surface area contributed by atoms with Crippen molar-refractivity contribution in [3.8, 4) is 0 Å². The van der Waals surface area contributed by atoms with Crippen molar-refractivity contribution in [3.05, 3.63) is 25.3 Å². The second kappa shape index (κ2) is 5.11. The van der Waals surface area contributed by atoms with E-state index in [0.29, 0.717) is 0 Å². The molecule has 1 aliphatic carbocycles. The molecule has 0 aliphatic heterocycles. The van der Waals surface area contributed by atoms with Crippen molar-refractivity contribution in [1.82, 2.24) is 0 Å². The molecule has 1 aliphatic rings. The molecule has 0 amide bonds. The van der Waals surface area contributed by atoms with Gasteiger partial charge in [0.05, 0.1) is 12.0 Å². The first-order valence-electron chi connectivity index (χ1n) is 5.41. The summed E-state index contributed by atoms with van der Waals surface area (Å²) in [5.74, 6) is -3.07. The van der Waals surface area contributed by atoms with Gasteiger partial charge in [-0.05, 0) is 6.42 Å². The summed E-state index contributed by atoms with van der Waals surface area (Å²) < 4.78 is 0. The summed E-state index contributed by atoms with van der Waals surface area (Å²) in [7, 11) is 0. The van der Waals surface area contributed by atoms with Gasteiger partial charge in [0.1, 0.15) is 12.2 Å². The van der Waals surface area contributed by atoms with Gasteiger partial charge in [-0.25, -0.2) is 0 Å². The third-order valence-corrected chi connectivity index (χ3v) is 3.03. The van der Waals surface area contributed by atoms with Crippen LogP contribution in [-0.2, 0) is 9.59 Å². The van der Waals surface area contributed by atoms with E-state index < -0.39 is 41.4 Å². The van der Waals surface area contributed by atoms with E-state index in [-0.39, 0.29) is 6.42 Å². The number of carbonyl (C=O) groups is 2. The lowest BCUT2D eigenvalue weighted by atomic mass is 9.97. The number of rotatable bonds is 7. The fraction of sp³-hybridized carbons (Fsp3) is 0.500. The fourth-order valence-corrected chi connectivity index (χ4v) is 1.77. The number of aliphatic hydroxyl groups is 4. The quantitative estimate of drug-likeness (QED) is 0.320. The molecule has 4 N–H and O–H groups in total. The average Bonchev–Trinajstić information content (AvgIpc) is 2.89. The summed E-state index contributed by atoms with van der Waals surface area (Å²) in [4.78, 5) is 22.9. The van der Waals surface area contributed by atoms with Crippen LogP contribution in [0.1, 0.15) is 6.42 Å². The minimum absolute atomic E-state index is 0.0389. The maximum absolute atomic E-state index is 11.7. The number of carbonyl (C=O) groups excluding carboxylic acids is 2. The number of Topliss-reactive ketones (excluding diaryl/α,β-unsaturated/α-hetero) is 2. The summed E-state index contributed by atoms with van der Waals surface area (Å²) in [6.07, 6.45) is -2.88. The van der Waals surface area contributed by atoms with Gasteiger partial charge in [-0.15, -0.1) is 13.2 Å². The summed E-state index contributed by atoms with van der Waals surface area (Å²) >= 11 is 0. The molecule has 18 heavy (non-hydrogen) atoms. The van der Waals surface area contributed by atoms with Crippen molar-refractivity contribution in [1.29, 1.82) is 0 Å². The molecule has 6 heteroatoms. The molecule has 0 radical (unpaired) electrons. The lowest BCUT2D eigenvalue weighted by Gasteiger charge is -2.22. The normalized spacial score (nSPS) is 31.3. The third-order valence-electron chi connectivity index (χ3n) is 3.03. The van der Waals surface area contributed by atoms with Gasteiger partial charge in [-0.3, -0.25) is 9.59 Å². The Hall–Kier alpha value is -1.34. The third kappa shape index (κ3) is 2.15. The minimum Gasteiger partial charge on any atom is -0.390 e. The van der Waals surface area contributed by atoms with Crippen LogP contribution in [-0.4, -0.2) is 55.9 Å². The minimum atomic E-state index is -2.32. The fourth-order valence-electron chi connectivity index (χ4n) is 1.77. The number of ketones is 2. The van der Waals surface area contributed by atoms with Crippen LogP contribution in [0.25, 0.3) is 0 Å². The second-order valence-electron chi connectivity index (χ2n) is 4.24. The Morgan fingerprint density at radius 2 is 1.94 bits per heavy atom. The first-order valence-corrected chi connectivity index (χ1v) is 5.41. The molecule has 1 saturated carbocycles. The maximum atomic E-state index is 11.7. The van der Waals surface area contributed by atoms with Gasteiger partial charge in [0, 0.05) is 0 Å². The van der Waals surface area contributed by atoms with E-state index >= 15 is 0 Å². The molecule has 0 heterocycles. The molecular formula is C12H16O6. The van der Waals surface area contributed by atoms with Gasteiger partial charge >= 0.3 is 0 Å². The van der Waals surface area contributed by atoms with Gasteiger partial charge in [0.25, 0.3) is 0 Å². The van der Waals surface area contributed by atoms with Crippen LogP contribution in [0.4, 0.5) is 0 Å². The van der Waals surface area contributed by atoms with Crippen LogP contribution >= 0.6 is 0 Å². The highest BCUT2D eigenvalue weighted by molar-refractivity contribution is 6.27. The van der Waals surface area contributed by atoms with Crippen molar-refractivity contribution >= 4 is 11.6 Å². The highest BCUT2D eigenvalue weighted by atomic mass is 16.4. The zero-order chi connectivity index (χ0) is 14.1. The van der Waals surface area contributed by atoms with E-state index in [1.165, 1.54) is 6.08 Å². The van der Waals surface area contributed by atoms with Crippen LogP contribution in [0.2, 0.25) is 0 Å². The lowest BCUT2D eigenvalue weighted by molar-refractivity contribution is -0.150. The predicted octanol–water partition coefficient (Wildman–Crippen LogP) is -1.67. The smallest absolute Gasteiger partial charge is 0.204 e. The van der Waals surface area contributed by atoms with Crippen molar-refractivity contribution < 1.29 is 30.0 Å². The summed E-state index contributed by atoms with van der Waals surface area (Å²) in [6.45, 7) is 6.61. The maximum Gasteiger partial charge on any atom is 0.204 e. The lowest BCUT2D eigenvalue weighted by Crippen LogP contribution is -2.48. The second-order valence-corrected chi connectivity index (χ2v) is 4.24. The van der Waals surface area contributed by atoms with Crippen molar-refractivity contribution in [3.63, 3.8) is 0 Å². The molecule has 0 aromatic rings. The first-order chi connectivity index (χ1) is 8.32. The van der Waals surface area contributed by atoms with Gasteiger partial charge in [-0.2, -0.15) is 0 Å². The topological polar surface area (TPSA) is 115 Å². The largest absolute Gasteiger partial charge is 0.390 e. The molecule has 0 aromatic carbocycles. The molecule has 5 atom stereocenters. The van der Waals surface area contributed by atoms with Crippen LogP contribution in [0.3, 0.4) is 0 Å². The van der Waals surface area contributed by atoms with Gasteiger partial charge in [0.15, 0.2) is 11.4 Å². The zero-order valence-electron chi connectivity index (χ0n) is 9.69. The standard InChI is InChI=1S/C12H16O6/c1-3-5-7(13)8(14)9(15)11(17)12(18)6(4-2)10(12)16/h3-4,6-9,13-15,18H,1-2,5H2/t6?,7?,8-,9-,12+/m1/s1. The number of hydrogen-bond acceptors (Lipinski definition) is 6. The van der Waals surface area contributed by atoms with E-state index in [4.69, 9.17) is 0 Å². The molecule has 6 nitrogen and oxygen atoms in total. The van der Waals surface area contributed by atoms with Gasteiger partial charge in [0.2, 0.25) is 5.78 Å². The highest BCUT2D eigenvalue weighted by Crippen LogP contribution is 2.41. The van der Waals surface area contributed by atoms with Crippen LogP contribution in [0.15, 0.2) is 25.3 Å². The number of aliphatic hydroxyl groups excluding tert-OH is 3. The van der Waals surface area contributed by atoms with Gasteiger partial charge in [-0.1, -0.05) is 12.2 Å². The molecular weight excluding hydrogens is 240 g/mol. The molecule has 1 fully saturated rings. The molecule has 0 aromatic heterocycles. The summed E-state index contributed by atoms with van der Waals surface area (Å²) in [6, 6.07) is 0. The Bertz CT molecular complexity index is 390. The van der Waals surface area contributed by atoms with Crippen LogP contribution in [0.5, 0.6) is 0 Å². The van der Waals surface area contributed by atoms with Gasteiger partial charge < -0.3 is 20.4 Å². The van der Waals surface area contributed by atoms with Crippen LogP contribution in [0, 0.1) is 5.92 Å². The van der Waals surface area contributed by atoms with E-state index in [2.05, 4.69) is 13.2 Å². The van der Waals surface area contributed by atoms with E-state index in [1.54, 1.807) is 0 Å². The van der Waals surface area contributed by atoms with E-state index in [0.717, 1.165) is 6.08 Å². The SMILES string of the molecule is C=CCC(O)[C@@H](O)[C@@H](O)C(=O)[C@@]1(O)C(=O)C1C=C. The first kappa shape index (κ1) is 14.7. The predicted molar refractivity (Wildman–Crippen MR) is 61.5 cm³/mol. The average molecular weight is 256 g/mol. The van der Waals surface area contributed by atoms with Crippen molar-refractivity contribution in [2.24, 2.45) is 5.92 Å².